The van der Waals surface area contributed by atoms with Crippen molar-refractivity contribution >= 4 is 39.3 Å². The molecule has 0 radical (unpaired) electrons. The molecule has 7 heteroatoms. The maximum Gasteiger partial charge on any atom is 0.337 e. The Labute approximate surface area is 182 Å². The summed E-state index contributed by atoms with van der Waals surface area (Å²) in [5.74, 6) is -0.438. The molecule has 0 bridgehead atoms. The van der Waals surface area contributed by atoms with Crippen molar-refractivity contribution in [2.24, 2.45) is 0 Å². The molecule has 0 unspecified atom stereocenters. The van der Waals surface area contributed by atoms with Crippen molar-refractivity contribution < 1.29 is 14.3 Å². The summed E-state index contributed by atoms with van der Waals surface area (Å²) in [6.45, 7) is 2.49. The minimum absolute atomic E-state index is 0.0552. The number of carbonyl (C=O) groups excluding carboxylic acids is 2. The second-order valence-corrected chi connectivity index (χ2v) is 7.79. The lowest BCUT2D eigenvalue weighted by molar-refractivity contribution is 0.0600. The van der Waals surface area contributed by atoms with E-state index in [1.165, 1.54) is 12.7 Å². The average Bonchev–Trinajstić information content (AvgIpc) is 3.00. The van der Waals surface area contributed by atoms with Crippen LogP contribution in [0.2, 0.25) is 5.28 Å². The average molecular weight is 476 g/mol. The van der Waals surface area contributed by atoms with Gasteiger partial charge in [-0.05, 0) is 64.1 Å². The lowest BCUT2D eigenvalue weighted by Crippen LogP contribution is -2.12. The molecule has 0 aliphatic rings. The number of esters is 1. The van der Waals surface area contributed by atoms with E-state index >= 15 is 0 Å². The molecular weight excluding hydrogens is 456 g/mol. The van der Waals surface area contributed by atoms with Crippen molar-refractivity contribution in [3.63, 3.8) is 0 Å². The van der Waals surface area contributed by atoms with Gasteiger partial charge in [-0.25, -0.2) is 9.78 Å². The second-order valence-electron chi connectivity index (χ2n) is 6.70. The number of ketones is 1. The van der Waals surface area contributed by atoms with E-state index in [0.717, 1.165) is 11.1 Å². The maximum absolute atomic E-state index is 12.9. The second kappa shape index (κ2) is 9.37. The van der Waals surface area contributed by atoms with Gasteiger partial charge in [-0.2, -0.15) is 0 Å². The number of Topliss-reactive ketones (excluding diaryl/α,β-unsaturated/α-hetero) is 1. The first-order valence-electron chi connectivity index (χ1n) is 9.06. The van der Waals surface area contributed by atoms with Crippen molar-refractivity contribution in [2.75, 3.05) is 7.11 Å². The minimum atomic E-state index is -0.383. The first-order chi connectivity index (χ1) is 13.9. The highest BCUT2D eigenvalue weighted by Gasteiger charge is 2.21. The van der Waals surface area contributed by atoms with Crippen LogP contribution in [0.4, 0.5) is 0 Å². The highest BCUT2D eigenvalue weighted by molar-refractivity contribution is 9.10. The first kappa shape index (κ1) is 21.3. The van der Waals surface area contributed by atoms with Crippen LogP contribution in [0, 0.1) is 6.92 Å². The monoisotopic (exact) mass is 474 g/mol. The summed E-state index contributed by atoms with van der Waals surface area (Å²) in [6, 6.07) is 15.1. The first-order valence-corrected chi connectivity index (χ1v) is 10.2. The Hall–Kier alpha value is -2.44. The van der Waals surface area contributed by atoms with E-state index in [1.54, 1.807) is 16.7 Å². The maximum atomic E-state index is 12.9. The SMILES string of the molecule is COC(=O)c1ccc(CCC(=O)c2c(Br)nc(Cl)n2Cc2ccc(C)cc2)cc1. The van der Waals surface area contributed by atoms with Gasteiger partial charge in [-0.15, -0.1) is 0 Å². The van der Waals surface area contributed by atoms with Crippen molar-refractivity contribution in [3.8, 4) is 0 Å². The summed E-state index contributed by atoms with van der Waals surface area (Å²) >= 11 is 9.64. The number of benzene rings is 2. The number of hydrogen-bond acceptors (Lipinski definition) is 4. The molecule has 1 heterocycles. The molecule has 3 rings (SSSR count). The van der Waals surface area contributed by atoms with Gasteiger partial charge in [0.25, 0.3) is 0 Å². The van der Waals surface area contributed by atoms with Gasteiger partial charge in [-0.1, -0.05) is 42.0 Å². The van der Waals surface area contributed by atoms with Crippen molar-refractivity contribution in [1.29, 1.82) is 0 Å². The van der Waals surface area contributed by atoms with Gasteiger partial charge >= 0.3 is 5.97 Å². The molecule has 0 spiro atoms. The van der Waals surface area contributed by atoms with Gasteiger partial charge in [0.15, 0.2) is 5.78 Å². The van der Waals surface area contributed by atoms with Gasteiger partial charge in [-0.3, -0.25) is 4.79 Å². The Kier molecular flexibility index (Phi) is 6.87. The zero-order valence-electron chi connectivity index (χ0n) is 16.1. The van der Waals surface area contributed by atoms with Gasteiger partial charge in [0.1, 0.15) is 10.3 Å². The molecule has 2 aromatic carbocycles. The lowest BCUT2D eigenvalue weighted by Gasteiger charge is -2.10. The van der Waals surface area contributed by atoms with Gasteiger partial charge < -0.3 is 9.30 Å². The molecule has 0 fully saturated rings. The Morgan fingerprint density at radius 3 is 2.31 bits per heavy atom. The van der Waals surface area contributed by atoms with E-state index in [-0.39, 0.29) is 17.0 Å². The summed E-state index contributed by atoms with van der Waals surface area (Å²) in [5, 5.41) is 0.267. The standard InChI is InChI=1S/C22H20BrClN2O3/c1-14-3-5-16(6-4-14)13-26-19(20(23)25-22(26)24)18(27)12-9-15-7-10-17(11-8-15)21(28)29-2/h3-8,10-11H,9,12-13H2,1-2H3. The third-order valence-electron chi connectivity index (χ3n) is 4.62. The molecule has 0 amide bonds. The summed E-state index contributed by atoms with van der Waals surface area (Å²) in [7, 11) is 1.34. The molecule has 150 valence electrons. The zero-order chi connectivity index (χ0) is 21.0. The number of ether oxygens (including phenoxy) is 1. The number of halogens is 2. The Balaban J connectivity index is 1.73. The van der Waals surface area contributed by atoms with Crippen LogP contribution in [0.1, 0.15) is 44.0 Å². The van der Waals surface area contributed by atoms with E-state index in [9.17, 15) is 9.59 Å². The van der Waals surface area contributed by atoms with E-state index in [2.05, 4.69) is 20.9 Å². The number of imidazole rings is 1. The van der Waals surface area contributed by atoms with Crippen LogP contribution in [-0.2, 0) is 17.7 Å². The molecule has 0 N–H and O–H groups in total. The predicted octanol–water partition coefficient (Wildman–Crippen LogP) is 5.26. The fourth-order valence-corrected chi connectivity index (χ4v) is 3.92. The summed E-state index contributed by atoms with van der Waals surface area (Å²) in [6.07, 6.45) is 0.839. The fraction of sp³-hybridized carbons (Fsp3) is 0.227. The largest absolute Gasteiger partial charge is 0.465 e. The topological polar surface area (TPSA) is 61.2 Å². The fourth-order valence-electron chi connectivity index (χ4n) is 2.99. The number of nitrogens with zero attached hydrogens (tertiary/aromatic N) is 2. The molecule has 0 aliphatic carbocycles. The number of hydrogen-bond donors (Lipinski definition) is 0. The van der Waals surface area contributed by atoms with Crippen LogP contribution in [0.5, 0.6) is 0 Å². The van der Waals surface area contributed by atoms with Crippen LogP contribution < -0.4 is 0 Å². The van der Waals surface area contributed by atoms with Crippen molar-refractivity contribution in [3.05, 3.63) is 86.4 Å². The van der Waals surface area contributed by atoms with E-state index < -0.39 is 0 Å². The Morgan fingerprint density at radius 1 is 1.07 bits per heavy atom. The molecule has 29 heavy (non-hydrogen) atoms. The predicted molar refractivity (Wildman–Crippen MR) is 116 cm³/mol. The smallest absolute Gasteiger partial charge is 0.337 e. The minimum Gasteiger partial charge on any atom is -0.465 e. The Morgan fingerprint density at radius 2 is 1.69 bits per heavy atom. The van der Waals surface area contributed by atoms with Crippen LogP contribution >= 0.6 is 27.5 Å². The van der Waals surface area contributed by atoms with E-state index in [1.807, 2.05) is 43.3 Å². The molecule has 0 saturated heterocycles. The molecule has 0 atom stereocenters. The van der Waals surface area contributed by atoms with Crippen LogP contribution in [0.15, 0.2) is 53.1 Å². The highest BCUT2D eigenvalue weighted by atomic mass is 79.9. The summed E-state index contributed by atoms with van der Waals surface area (Å²) in [5.41, 5.74) is 4.10. The molecule has 0 saturated carbocycles. The molecule has 0 aliphatic heterocycles. The zero-order valence-corrected chi connectivity index (χ0v) is 18.5. The van der Waals surface area contributed by atoms with Gasteiger partial charge in [0, 0.05) is 6.42 Å². The lowest BCUT2D eigenvalue weighted by atomic mass is 10.0. The van der Waals surface area contributed by atoms with Crippen LogP contribution in [-0.4, -0.2) is 28.4 Å². The Bertz CT molecular complexity index is 1030. The van der Waals surface area contributed by atoms with Gasteiger partial charge in [0.2, 0.25) is 5.28 Å². The quantitative estimate of drug-likeness (QED) is 0.345. The van der Waals surface area contributed by atoms with Crippen molar-refractivity contribution in [1.82, 2.24) is 9.55 Å². The molecule has 1 aromatic heterocycles. The summed E-state index contributed by atoms with van der Waals surface area (Å²) < 4.78 is 6.86. The number of aromatic nitrogens is 2. The van der Waals surface area contributed by atoms with Crippen molar-refractivity contribution in [2.45, 2.75) is 26.3 Å². The normalized spacial score (nSPS) is 10.8. The molecule has 3 aromatic rings. The van der Waals surface area contributed by atoms with Crippen LogP contribution in [0.3, 0.4) is 0 Å². The van der Waals surface area contributed by atoms with Gasteiger partial charge in [0.05, 0.1) is 19.2 Å². The molecule has 5 nitrogen and oxygen atoms in total. The third-order valence-corrected chi connectivity index (χ3v) is 5.46. The third kappa shape index (κ3) is 5.14. The molecular formula is C22H20BrClN2O3. The van der Waals surface area contributed by atoms with E-state index in [4.69, 9.17) is 16.3 Å². The highest BCUT2D eigenvalue weighted by Crippen LogP contribution is 2.25. The summed E-state index contributed by atoms with van der Waals surface area (Å²) in [4.78, 5) is 28.6. The number of carbonyl (C=O) groups is 2. The number of rotatable bonds is 7. The number of aryl methyl sites for hydroxylation is 2. The van der Waals surface area contributed by atoms with E-state index in [0.29, 0.717) is 35.2 Å². The number of methoxy groups -OCH3 is 1. The van der Waals surface area contributed by atoms with Crippen LogP contribution in [0.25, 0.3) is 0 Å².